The Kier molecular flexibility index (Phi) is 4.41. The van der Waals surface area contributed by atoms with E-state index in [0.717, 1.165) is 19.1 Å². The van der Waals surface area contributed by atoms with E-state index in [9.17, 15) is 9.90 Å². The average molecular weight is 329 g/mol. The summed E-state index contributed by atoms with van der Waals surface area (Å²) in [6.07, 6.45) is 1.35. The number of benzene rings is 1. The van der Waals surface area contributed by atoms with Gasteiger partial charge in [0.15, 0.2) is 6.10 Å². The van der Waals surface area contributed by atoms with Crippen molar-refractivity contribution in [1.29, 1.82) is 0 Å². The van der Waals surface area contributed by atoms with Crippen LogP contribution in [0.25, 0.3) is 0 Å². The van der Waals surface area contributed by atoms with Crippen LogP contribution in [0.3, 0.4) is 0 Å². The molecule has 0 radical (unpaired) electrons. The SMILES string of the molecule is O=C(C(O)c1cc(Cl)cc(Cl)c1)N1CCN(C2CC2)CC1. The van der Waals surface area contributed by atoms with Crippen LogP contribution in [-0.4, -0.2) is 53.0 Å². The zero-order chi connectivity index (χ0) is 15.0. The summed E-state index contributed by atoms with van der Waals surface area (Å²) in [5.41, 5.74) is 0.446. The molecule has 1 unspecified atom stereocenters. The van der Waals surface area contributed by atoms with E-state index in [1.807, 2.05) is 0 Å². The zero-order valence-corrected chi connectivity index (χ0v) is 13.1. The van der Waals surface area contributed by atoms with E-state index in [0.29, 0.717) is 28.7 Å². The highest BCUT2D eigenvalue weighted by atomic mass is 35.5. The molecule has 2 aliphatic rings. The zero-order valence-electron chi connectivity index (χ0n) is 11.6. The lowest BCUT2D eigenvalue weighted by atomic mass is 10.1. The second-order valence-electron chi connectivity index (χ2n) is 5.70. The monoisotopic (exact) mass is 328 g/mol. The van der Waals surface area contributed by atoms with Gasteiger partial charge in [0.2, 0.25) is 0 Å². The molecule has 4 nitrogen and oxygen atoms in total. The van der Waals surface area contributed by atoms with E-state index in [-0.39, 0.29) is 5.91 Å². The predicted molar refractivity (Wildman–Crippen MR) is 82.6 cm³/mol. The number of hydrogen-bond donors (Lipinski definition) is 1. The van der Waals surface area contributed by atoms with Gasteiger partial charge < -0.3 is 10.0 Å². The molecule has 1 amide bonds. The van der Waals surface area contributed by atoms with Gasteiger partial charge in [-0.25, -0.2) is 0 Å². The quantitative estimate of drug-likeness (QED) is 0.926. The highest BCUT2D eigenvalue weighted by molar-refractivity contribution is 6.34. The first-order valence-electron chi connectivity index (χ1n) is 7.21. The molecule has 0 aromatic heterocycles. The van der Waals surface area contributed by atoms with Crippen LogP contribution in [-0.2, 0) is 4.79 Å². The van der Waals surface area contributed by atoms with Gasteiger partial charge in [-0.2, -0.15) is 0 Å². The third-order valence-corrected chi connectivity index (χ3v) is 4.56. The van der Waals surface area contributed by atoms with Gasteiger partial charge in [-0.3, -0.25) is 9.69 Å². The van der Waals surface area contributed by atoms with E-state index in [1.54, 1.807) is 23.1 Å². The number of rotatable bonds is 3. The lowest BCUT2D eigenvalue weighted by Crippen LogP contribution is -2.50. The maximum Gasteiger partial charge on any atom is 0.256 e. The second kappa shape index (κ2) is 6.13. The fourth-order valence-electron chi connectivity index (χ4n) is 2.80. The lowest BCUT2D eigenvalue weighted by Gasteiger charge is -2.35. The summed E-state index contributed by atoms with van der Waals surface area (Å²) in [5.74, 6) is -0.274. The number of aliphatic hydroxyl groups is 1. The Hall–Kier alpha value is -0.810. The molecule has 21 heavy (non-hydrogen) atoms. The topological polar surface area (TPSA) is 43.8 Å². The average Bonchev–Trinajstić information content (AvgIpc) is 3.29. The third kappa shape index (κ3) is 3.51. The number of carbonyl (C=O) groups is 1. The normalized spacial score (nSPS) is 21.4. The van der Waals surface area contributed by atoms with Gasteiger partial charge in [-0.05, 0) is 36.6 Å². The van der Waals surface area contributed by atoms with Crippen molar-refractivity contribution in [3.63, 3.8) is 0 Å². The molecule has 2 fully saturated rings. The first kappa shape index (κ1) is 15.1. The number of amides is 1. The van der Waals surface area contributed by atoms with E-state index in [2.05, 4.69) is 4.90 Å². The van der Waals surface area contributed by atoms with Crippen molar-refractivity contribution in [2.75, 3.05) is 26.2 Å². The molecule has 114 valence electrons. The molecule has 1 aromatic rings. The summed E-state index contributed by atoms with van der Waals surface area (Å²) in [5, 5.41) is 11.1. The first-order chi connectivity index (χ1) is 10.0. The van der Waals surface area contributed by atoms with Crippen molar-refractivity contribution in [1.82, 2.24) is 9.80 Å². The van der Waals surface area contributed by atoms with Crippen LogP contribution in [0, 0.1) is 0 Å². The van der Waals surface area contributed by atoms with Crippen LogP contribution in [0.15, 0.2) is 18.2 Å². The number of nitrogens with zero attached hydrogens (tertiary/aromatic N) is 2. The largest absolute Gasteiger partial charge is 0.378 e. The van der Waals surface area contributed by atoms with Crippen molar-refractivity contribution in [3.05, 3.63) is 33.8 Å². The van der Waals surface area contributed by atoms with E-state index in [1.165, 1.54) is 12.8 Å². The molecule has 0 spiro atoms. The van der Waals surface area contributed by atoms with E-state index < -0.39 is 6.10 Å². The van der Waals surface area contributed by atoms with Gasteiger partial charge in [0.05, 0.1) is 0 Å². The molecule has 1 aromatic carbocycles. The first-order valence-corrected chi connectivity index (χ1v) is 7.97. The summed E-state index contributed by atoms with van der Waals surface area (Å²) in [7, 11) is 0. The number of hydrogen-bond acceptors (Lipinski definition) is 3. The maximum atomic E-state index is 12.4. The Labute approximate surface area is 134 Å². The fourth-order valence-corrected chi connectivity index (χ4v) is 3.34. The maximum absolute atomic E-state index is 12.4. The molecular formula is C15H18Cl2N2O2. The summed E-state index contributed by atoms with van der Waals surface area (Å²) in [6.45, 7) is 3.11. The van der Waals surface area contributed by atoms with Crippen molar-refractivity contribution >= 4 is 29.1 Å². The summed E-state index contributed by atoms with van der Waals surface area (Å²) >= 11 is 11.8. The van der Waals surface area contributed by atoms with Crippen LogP contribution < -0.4 is 0 Å². The van der Waals surface area contributed by atoms with Crippen molar-refractivity contribution in [3.8, 4) is 0 Å². The predicted octanol–water partition coefficient (Wildman–Crippen LogP) is 2.33. The molecule has 1 saturated heterocycles. The molecule has 1 atom stereocenters. The van der Waals surface area contributed by atoms with Gasteiger partial charge in [0.25, 0.3) is 5.91 Å². The van der Waals surface area contributed by atoms with Crippen molar-refractivity contribution in [2.24, 2.45) is 0 Å². The molecular weight excluding hydrogens is 311 g/mol. The smallest absolute Gasteiger partial charge is 0.256 e. The summed E-state index contributed by atoms with van der Waals surface area (Å²) < 4.78 is 0. The van der Waals surface area contributed by atoms with E-state index >= 15 is 0 Å². The van der Waals surface area contributed by atoms with Gasteiger partial charge in [0.1, 0.15) is 0 Å². The summed E-state index contributed by atoms with van der Waals surface area (Å²) in [6, 6.07) is 5.46. The van der Waals surface area contributed by atoms with Crippen LogP contribution in [0.5, 0.6) is 0 Å². The number of halogens is 2. The molecule has 3 rings (SSSR count). The minimum absolute atomic E-state index is 0.274. The molecule has 6 heteroatoms. The Bertz CT molecular complexity index is 520. The second-order valence-corrected chi connectivity index (χ2v) is 6.57. The fraction of sp³-hybridized carbons (Fsp3) is 0.533. The van der Waals surface area contributed by atoms with Crippen molar-refractivity contribution < 1.29 is 9.90 Å². The van der Waals surface area contributed by atoms with Gasteiger partial charge in [-0.15, -0.1) is 0 Å². The lowest BCUT2D eigenvalue weighted by molar-refractivity contribution is -0.142. The molecule has 0 bridgehead atoms. The molecule has 1 heterocycles. The van der Waals surface area contributed by atoms with Crippen LogP contribution in [0.4, 0.5) is 0 Å². The van der Waals surface area contributed by atoms with E-state index in [4.69, 9.17) is 23.2 Å². The number of piperazine rings is 1. The molecule has 1 N–H and O–H groups in total. The Morgan fingerprint density at radius 1 is 1.10 bits per heavy atom. The minimum Gasteiger partial charge on any atom is -0.378 e. The highest BCUT2D eigenvalue weighted by Crippen LogP contribution is 2.28. The Morgan fingerprint density at radius 3 is 2.19 bits per heavy atom. The van der Waals surface area contributed by atoms with Gasteiger partial charge in [0, 0.05) is 42.3 Å². The molecule has 1 saturated carbocycles. The Balaban J connectivity index is 1.64. The van der Waals surface area contributed by atoms with Crippen molar-refractivity contribution in [2.45, 2.75) is 25.0 Å². The van der Waals surface area contributed by atoms with Gasteiger partial charge >= 0.3 is 0 Å². The Morgan fingerprint density at radius 2 is 1.67 bits per heavy atom. The number of aliphatic hydroxyl groups excluding tert-OH is 1. The van der Waals surface area contributed by atoms with Gasteiger partial charge in [-0.1, -0.05) is 23.2 Å². The molecule has 1 aliphatic carbocycles. The third-order valence-electron chi connectivity index (χ3n) is 4.12. The van der Waals surface area contributed by atoms with Crippen LogP contribution >= 0.6 is 23.2 Å². The minimum atomic E-state index is -1.20. The number of carbonyl (C=O) groups excluding carboxylic acids is 1. The highest BCUT2D eigenvalue weighted by Gasteiger charge is 2.33. The van der Waals surface area contributed by atoms with Crippen LogP contribution in [0.2, 0.25) is 10.0 Å². The standard InChI is InChI=1S/C15H18Cl2N2O2/c16-11-7-10(8-12(17)9-11)14(20)15(21)19-5-3-18(4-6-19)13-1-2-13/h7-9,13-14,20H,1-6H2. The summed E-state index contributed by atoms with van der Waals surface area (Å²) in [4.78, 5) is 16.5. The molecule has 1 aliphatic heterocycles. The van der Waals surface area contributed by atoms with Crippen LogP contribution in [0.1, 0.15) is 24.5 Å².